The lowest BCUT2D eigenvalue weighted by Crippen LogP contribution is -2.38. The fourth-order valence-corrected chi connectivity index (χ4v) is 3.27. The lowest BCUT2D eigenvalue weighted by Gasteiger charge is -2.21. The summed E-state index contributed by atoms with van der Waals surface area (Å²) in [4.78, 5) is 2.62. The van der Waals surface area contributed by atoms with E-state index in [-0.39, 0.29) is 0 Å². The quantitative estimate of drug-likeness (QED) is 0.878. The molecule has 2 fully saturated rings. The first-order chi connectivity index (χ1) is 8.86. The summed E-state index contributed by atoms with van der Waals surface area (Å²) >= 11 is 0. The highest BCUT2D eigenvalue weighted by molar-refractivity contribution is 5.31. The molecule has 3 rings (SSSR count). The molecule has 0 radical (unpaired) electrons. The zero-order valence-electron chi connectivity index (χ0n) is 10.6. The van der Waals surface area contributed by atoms with Crippen LogP contribution in [0.1, 0.15) is 30.4 Å². The third-order valence-electron chi connectivity index (χ3n) is 4.26. The van der Waals surface area contributed by atoms with Crippen molar-refractivity contribution in [2.24, 2.45) is 0 Å². The highest BCUT2D eigenvalue weighted by atomic mass is 15.2. The number of hydrogen-bond donors (Lipinski definition) is 1. The van der Waals surface area contributed by atoms with Crippen LogP contribution in [0.15, 0.2) is 24.3 Å². The summed E-state index contributed by atoms with van der Waals surface area (Å²) in [6, 6.07) is 11.5. The van der Waals surface area contributed by atoms with Gasteiger partial charge in [-0.15, -0.1) is 0 Å². The Bertz CT molecular complexity index is 446. The van der Waals surface area contributed by atoms with Gasteiger partial charge < -0.3 is 5.32 Å². The molecule has 1 aromatic rings. The monoisotopic (exact) mass is 241 g/mol. The van der Waals surface area contributed by atoms with E-state index in [0.29, 0.717) is 6.04 Å². The van der Waals surface area contributed by atoms with Gasteiger partial charge in [-0.05, 0) is 43.5 Å². The summed E-state index contributed by atoms with van der Waals surface area (Å²) in [5, 5.41) is 12.4. The summed E-state index contributed by atoms with van der Waals surface area (Å²) in [6.07, 6.45) is 3.99. The van der Waals surface area contributed by atoms with E-state index in [1.807, 2.05) is 24.3 Å². The maximum Gasteiger partial charge on any atom is 0.0991 e. The van der Waals surface area contributed by atoms with Gasteiger partial charge in [-0.25, -0.2) is 0 Å². The van der Waals surface area contributed by atoms with Crippen LogP contribution in [0, 0.1) is 11.3 Å². The lowest BCUT2D eigenvalue weighted by atomic mass is 10.1. The van der Waals surface area contributed by atoms with Crippen LogP contribution < -0.4 is 5.32 Å². The molecule has 3 nitrogen and oxygen atoms in total. The second kappa shape index (κ2) is 5.09. The molecule has 2 aliphatic rings. The van der Waals surface area contributed by atoms with Gasteiger partial charge in [0.2, 0.25) is 0 Å². The maximum atomic E-state index is 8.76. The molecule has 0 amide bonds. The van der Waals surface area contributed by atoms with Crippen molar-refractivity contribution in [1.29, 1.82) is 5.26 Å². The van der Waals surface area contributed by atoms with Gasteiger partial charge in [0.1, 0.15) is 0 Å². The Morgan fingerprint density at radius 1 is 1.22 bits per heavy atom. The fourth-order valence-electron chi connectivity index (χ4n) is 3.27. The molecule has 94 valence electrons. The molecule has 2 atom stereocenters. The minimum absolute atomic E-state index is 0.656. The Hall–Kier alpha value is -1.37. The highest BCUT2D eigenvalue weighted by Crippen LogP contribution is 2.28. The summed E-state index contributed by atoms with van der Waals surface area (Å²) < 4.78 is 0. The van der Waals surface area contributed by atoms with E-state index in [9.17, 15) is 0 Å². The Morgan fingerprint density at radius 3 is 2.83 bits per heavy atom. The molecule has 0 bridgehead atoms. The average molecular weight is 241 g/mol. The van der Waals surface area contributed by atoms with Gasteiger partial charge in [-0.3, -0.25) is 4.90 Å². The van der Waals surface area contributed by atoms with Crippen molar-refractivity contribution >= 4 is 0 Å². The van der Waals surface area contributed by atoms with Gasteiger partial charge in [0.15, 0.2) is 0 Å². The normalized spacial score (nSPS) is 27.1. The van der Waals surface area contributed by atoms with E-state index in [0.717, 1.165) is 18.2 Å². The third kappa shape index (κ3) is 2.27. The molecule has 0 aromatic heterocycles. The molecular formula is C15H19N3. The Kier molecular flexibility index (Phi) is 3.31. The van der Waals surface area contributed by atoms with E-state index < -0.39 is 0 Å². The van der Waals surface area contributed by atoms with Crippen LogP contribution in [0.25, 0.3) is 0 Å². The third-order valence-corrected chi connectivity index (χ3v) is 4.26. The van der Waals surface area contributed by atoms with E-state index in [1.165, 1.54) is 37.9 Å². The second-order valence-corrected chi connectivity index (χ2v) is 5.33. The van der Waals surface area contributed by atoms with Crippen molar-refractivity contribution < 1.29 is 0 Å². The predicted molar refractivity (Wildman–Crippen MR) is 71.0 cm³/mol. The zero-order chi connectivity index (χ0) is 12.4. The van der Waals surface area contributed by atoms with Crippen LogP contribution in [-0.4, -0.2) is 30.1 Å². The Morgan fingerprint density at radius 2 is 2.06 bits per heavy atom. The van der Waals surface area contributed by atoms with E-state index >= 15 is 0 Å². The summed E-state index contributed by atoms with van der Waals surface area (Å²) in [7, 11) is 0. The lowest BCUT2D eigenvalue weighted by molar-refractivity contribution is 0.298. The van der Waals surface area contributed by atoms with Crippen molar-refractivity contribution in [3.8, 4) is 6.07 Å². The largest absolute Gasteiger partial charge is 0.308 e. The number of rotatable bonds is 3. The van der Waals surface area contributed by atoms with Crippen LogP contribution in [0.3, 0.4) is 0 Å². The molecule has 0 aliphatic carbocycles. The molecular weight excluding hydrogens is 222 g/mol. The van der Waals surface area contributed by atoms with Crippen molar-refractivity contribution in [1.82, 2.24) is 10.2 Å². The summed E-state index contributed by atoms with van der Waals surface area (Å²) in [5.41, 5.74) is 2.01. The molecule has 0 saturated carbocycles. The number of nitrogens with zero attached hydrogens (tertiary/aromatic N) is 2. The summed E-state index contributed by atoms with van der Waals surface area (Å²) in [6.45, 7) is 3.47. The first kappa shape index (κ1) is 11.7. The minimum atomic E-state index is 0.656. The topological polar surface area (TPSA) is 39.1 Å². The van der Waals surface area contributed by atoms with Crippen LogP contribution in [-0.2, 0) is 6.54 Å². The van der Waals surface area contributed by atoms with Crippen LogP contribution >= 0.6 is 0 Å². The molecule has 1 aromatic carbocycles. The molecule has 3 heteroatoms. The molecule has 2 unspecified atom stereocenters. The Labute approximate surface area is 108 Å². The number of fused-ring (bicyclic) bond motifs is 1. The second-order valence-electron chi connectivity index (χ2n) is 5.33. The molecule has 2 heterocycles. The molecule has 0 spiro atoms. The first-order valence-electron chi connectivity index (χ1n) is 6.83. The van der Waals surface area contributed by atoms with Crippen LogP contribution in [0.2, 0.25) is 0 Å². The predicted octanol–water partition coefficient (Wildman–Crippen LogP) is 1.88. The first-order valence-corrected chi connectivity index (χ1v) is 6.83. The van der Waals surface area contributed by atoms with Gasteiger partial charge in [0.05, 0.1) is 11.6 Å². The van der Waals surface area contributed by atoms with Gasteiger partial charge in [-0.2, -0.15) is 5.26 Å². The smallest absolute Gasteiger partial charge is 0.0991 e. The average Bonchev–Trinajstić information content (AvgIpc) is 3.00. The van der Waals surface area contributed by atoms with E-state index in [2.05, 4.69) is 16.3 Å². The number of nitrogens with one attached hydrogen (secondary N) is 1. The van der Waals surface area contributed by atoms with Crippen molar-refractivity contribution in [2.75, 3.05) is 13.1 Å². The standard InChI is InChI=1S/C15H19N3/c16-10-12-3-5-13(6-4-12)11-17-14-7-9-18-8-1-2-15(14)18/h3-6,14-15,17H,1-2,7-9,11H2. The summed E-state index contributed by atoms with van der Waals surface area (Å²) in [5.74, 6) is 0. The number of nitriles is 1. The molecule has 2 aliphatic heterocycles. The van der Waals surface area contributed by atoms with Gasteiger partial charge in [0.25, 0.3) is 0 Å². The van der Waals surface area contributed by atoms with E-state index in [4.69, 9.17) is 5.26 Å². The van der Waals surface area contributed by atoms with Crippen molar-refractivity contribution in [2.45, 2.75) is 37.9 Å². The molecule has 18 heavy (non-hydrogen) atoms. The van der Waals surface area contributed by atoms with Crippen molar-refractivity contribution in [3.63, 3.8) is 0 Å². The van der Waals surface area contributed by atoms with Crippen LogP contribution in [0.4, 0.5) is 0 Å². The SMILES string of the molecule is N#Cc1ccc(CNC2CCN3CCCC23)cc1. The van der Waals surface area contributed by atoms with Gasteiger partial charge in [0, 0.05) is 25.2 Å². The zero-order valence-corrected chi connectivity index (χ0v) is 10.6. The van der Waals surface area contributed by atoms with E-state index in [1.54, 1.807) is 0 Å². The number of hydrogen-bond acceptors (Lipinski definition) is 3. The highest BCUT2D eigenvalue weighted by Gasteiger charge is 2.36. The number of benzene rings is 1. The molecule has 2 saturated heterocycles. The van der Waals surface area contributed by atoms with Crippen LogP contribution in [0.5, 0.6) is 0 Å². The Balaban J connectivity index is 1.56. The van der Waals surface area contributed by atoms with Crippen molar-refractivity contribution in [3.05, 3.63) is 35.4 Å². The van der Waals surface area contributed by atoms with Gasteiger partial charge >= 0.3 is 0 Å². The maximum absolute atomic E-state index is 8.76. The minimum Gasteiger partial charge on any atom is -0.308 e. The fraction of sp³-hybridized carbons (Fsp3) is 0.533. The van der Waals surface area contributed by atoms with Gasteiger partial charge in [-0.1, -0.05) is 12.1 Å². The molecule has 1 N–H and O–H groups in total.